The summed E-state index contributed by atoms with van der Waals surface area (Å²) in [5, 5.41) is 0. The molecule has 1 saturated heterocycles. The van der Waals surface area contributed by atoms with Gasteiger partial charge in [-0.05, 0) is 61.3 Å². The molecule has 138 valence electrons. The first-order valence-electron chi connectivity index (χ1n) is 9.31. The second-order valence-corrected chi connectivity index (χ2v) is 7.97. The van der Waals surface area contributed by atoms with E-state index in [0.717, 1.165) is 11.3 Å². The second-order valence-electron chi connectivity index (χ2n) is 7.97. The summed E-state index contributed by atoms with van der Waals surface area (Å²) >= 11 is 0. The predicted molar refractivity (Wildman–Crippen MR) is 93.5 cm³/mol. The van der Waals surface area contributed by atoms with E-state index >= 15 is 0 Å². The molecule has 0 spiro atoms. The first-order valence-corrected chi connectivity index (χ1v) is 9.31. The van der Waals surface area contributed by atoms with Gasteiger partial charge in [0.1, 0.15) is 12.3 Å². The third-order valence-corrected chi connectivity index (χ3v) is 6.53. The molecule has 2 bridgehead atoms. The number of hydrogen-bond acceptors (Lipinski definition) is 5. The highest BCUT2D eigenvalue weighted by atomic mass is 16.5. The van der Waals surface area contributed by atoms with Gasteiger partial charge in [0, 0.05) is 5.56 Å². The Morgan fingerprint density at radius 3 is 2.07 bits per heavy atom. The van der Waals surface area contributed by atoms with Gasteiger partial charge in [-0.3, -0.25) is 19.3 Å². The summed E-state index contributed by atoms with van der Waals surface area (Å²) in [6.45, 7) is 1.09. The smallest absolute Gasteiger partial charge is 0.331 e. The van der Waals surface area contributed by atoms with Crippen LogP contribution in [0.25, 0.3) is 0 Å². The maximum absolute atomic E-state index is 12.8. The van der Waals surface area contributed by atoms with Crippen molar-refractivity contribution >= 4 is 23.6 Å². The maximum atomic E-state index is 12.8. The number of hydrogen-bond donors (Lipinski definition) is 0. The Morgan fingerprint density at radius 1 is 1.00 bits per heavy atom. The average molecular weight is 365 g/mol. The van der Waals surface area contributed by atoms with Crippen molar-refractivity contribution in [2.75, 3.05) is 6.54 Å². The number of allylic oxidation sites excluding steroid dienone is 2. The van der Waals surface area contributed by atoms with Crippen molar-refractivity contribution in [1.29, 1.82) is 0 Å². The lowest BCUT2D eigenvalue weighted by Gasteiger charge is -2.37. The Kier molecular flexibility index (Phi) is 3.41. The Morgan fingerprint density at radius 2 is 1.56 bits per heavy atom. The molecule has 3 fully saturated rings. The Labute approximate surface area is 156 Å². The van der Waals surface area contributed by atoms with Crippen molar-refractivity contribution in [2.45, 2.75) is 13.3 Å². The number of benzene rings is 1. The molecule has 6 nitrogen and oxygen atoms in total. The number of likely N-dealkylation sites (tertiary alicyclic amines) is 1. The molecule has 1 aromatic carbocycles. The molecule has 5 aliphatic rings. The molecular weight excluding hydrogens is 346 g/mol. The lowest BCUT2D eigenvalue weighted by atomic mass is 9.63. The van der Waals surface area contributed by atoms with Crippen molar-refractivity contribution in [2.24, 2.45) is 35.5 Å². The van der Waals surface area contributed by atoms with Crippen LogP contribution >= 0.6 is 0 Å². The van der Waals surface area contributed by atoms with Crippen LogP contribution in [0.5, 0.6) is 5.75 Å². The standard InChI is InChI=1S/C21H19NO5/c1-10(23)11-2-4-12(5-3-11)27-17(24)9-22-20(25)18-13-6-7-14(16-8-15(13)16)19(18)21(22)26/h2-7,13-16,18-19H,8-9H2,1H3/t13-,14+,15-,16-,18+,19+/m1/s1. The van der Waals surface area contributed by atoms with Gasteiger partial charge in [-0.15, -0.1) is 0 Å². The lowest BCUT2D eigenvalue weighted by molar-refractivity contribution is -0.148. The Balaban J connectivity index is 1.29. The molecular formula is C21H19NO5. The van der Waals surface area contributed by atoms with Crippen LogP contribution < -0.4 is 4.74 Å². The molecule has 2 amide bonds. The molecule has 0 radical (unpaired) electrons. The first-order chi connectivity index (χ1) is 13.0. The zero-order valence-corrected chi connectivity index (χ0v) is 14.8. The minimum atomic E-state index is -0.656. The maximum Gasteiger partial charge on any atom is 0.331 e. The number of carbonyl (C=O) groups excluding carboxylic acids is 4. The quantitative estimate of drug-likeness (QED) is 0.267. The van der Waals surface area contributed by atoms with Gasteiger partial charge >= 0.3 is 5.97 Å². The molecule has 27 heavy (non-hydrogen) atoms. The van der Waals surface area contributed by atoms with Crippen LogP contribution in [-0.4, -0.2) is 35.0 Å². The number of nitrogens with zero attached hydrogens (tertiary/aromatic N) is 1. The number of rotatable bonds is 4. The van der Waals surface area contributed by atoms with Crippen LogP contribution in [0.4, 0.5) is 0 Å². The summed E-state index contributed by atoms with van der Waals surface area (Å²) in [5.41, 5.74) is 0.519. The topological polar surface area (TPSA) is 80.8 Å². The largest absolute Gasteiger partial charge is 0.425 e. The van der Waals surface area contributed by atoms with Gasteiger partial charge in [0.25, 0.3) is 0 Å². The van der Waals surface area contributed by atoms with E-state index in [2.05, 4.69) is 12.2 Å². The Hall–Kier alpha value is -2.76. The van der Waals surface area contributed by atoms with Crippen LogP contribution in [0.2, 0.25) is 0 Å². The average Bonchev–Trinajstić information content (AvgIpc) is 3.43. The van der Waals surface area contributed by atoms with E-state index in [1.807, 2.05) is 0 Å². The van der Waals surface area contributed by atoms with Crippen molar-refractivity contribution < 1.29 is 23.9 Å². The Bertz CT molecular complexity index is 866. The van der Waals surface area contributed by atoms with Gasteiger partial charge in [0.05, 0.1) is 11.8 Å². The van der Waals surface area contributed by atoms with Crippen LogP contribution in [0, 0.1) is 35.5 Å². The lowest BCUT2D eigenvalue weighted by Crippen LogP contribution is -2.40. The SMILES string of the molecule is CC(=O)c1ccc(OC(=O)CN2C(=O)[C@H]3[C@@H]4C=C[C@@H]([C@H]5C[C@H]45)[C@@H]3C2=O)cc1. The number of Topliss-reactive ketones (excluding diaryl/α,β-unsaturated/α-hetero) is 1. The molecule has 6 rings (SSSR count). The highest BCUT2D eigenvalue weighted by molar-refractivity contribution is 6.08. The summed E-state index contributed by atoms with van der Waals surface area (Å²) < 4.78 is 5.25. The second kappa shape index (κ2) is 5.62. The van der Waals surface area contributed by atoms with Crippen LogP contribution in [-0.2, 0) is 14.4 Å². The van der Waals surface area contributed by atoms with Gasteiger partial charge in [-0.1, -0.05) is 12.2 Å². The minimum Gasteiger partial charge on any atom is -0.425 e. The molecule has 6 atom stereocenters. The van der Waals surface area contributed by atoms with Crippen LogP contribution in [0.3, 0.4) is 0 Å². The zero-order valence-electron chi connectivity index (χ0n) is 14.8. The van der Waals surface area contributed by atoms with Crippen molar-refractivity contribution in [1.82, 2.24) is 4.90 Å². The van der Waals surface area contributed by atoms with Gasteiger partial charge < -0.3 is 4.74 Å². The summed E-state index contributed by atoms with van der Waals surface area (Å²) in [7, 11) is 0. The monoisotopic (exact) mass is 365 g/mol. The first kappa shape index (κ1) is 16.4. The van der Waals surface area contributed by atoms with E-state index < -0.39 is 5.97 Å². The summed E-state index contributed by atoms with van der Waals surface area (Å²) in [6.07, 6.45) is 5.31. The number of ketones is 1. The van der Waals surface area contributed by atoms with Crippen LogP contribution in [0.1, 0.15) is 23.7 Å². The predicted octanol–water partition coefficient (Wildman–Crippen LogP) is 1.85. The number of imide groups is 1. The molecule has 0 aromatic heterocycles. The molecule has 1 heterocycles. The third-order valence-electron chi connectivity index (χ3n) is 6.53. The van der Waals surface area contributed by atoms with E-state index in [1.54, 1.807) is 12.1 Å². The molecule has 1 aliphatic heterocycles. The molecule has 6 heteroatoms. The highest BCUT2D eigenvalue weighted by Crippen LogP contribution is 2.65. The van der Waals surface area contributed by atoms with Crippen molar-refractivity contribution in [3.63, 3.8) is 0 Å². The van der Waals surface area contributed by atoms with E-state index in [4.69, 9.17) is 4.74 Å². The number of carbonyl (C=O) groups is 4. The summed E-state index contributed by atoms with van der Waals surface area (Å²) in [4.78, 5) is 50.3. The van der Waals surface area contributed by atoms with Gasteiger partial charge in [0.15, 0.2) is 5.78 Å². The van der Waals surface area contributed by atoms with Crippen molar-refractivity contribution in [3.8, 4) is 5.75 Å². The van der Waals surface area contributed by atoms with Gasteiger partial charge in [0.2, 0.25) is 11.8 Å². The van der Waals surface area contributed by atoms with Gasteiger partial charge in [-0.2, -0.15) is 0 Å². The number of amides is 2. The number of esters is 1. The minimum absolute atomic E-state index is 0.0787. The van der Waals surface area contributed by atoms with Crippen LogP contribution in [0.15, 0.2) is 36.4 Å². The van der Waals surface area contributed by atoms with E-state index in [0.29, 0.717) is 17.4 Å². The highest BCUT2D eigenvalue weighted by Gasteiger charge is 2.67. The zero-order chi connectivity index (χ0) is 18.9. The summed E-state index contributed by atoms with van der Waals surface area (Å²) in [5.74, 6) is -0.196. The molecule has 4 aliphatic carbocycles. The molecule has 2 saturated carbocycles. The fraction of sp³-hybridized carbons (Fsp3) is 0.429. The van der Waals surface area contributed by atoms with E-state index in [1.165, 1.54) is 19.1 Å². The fourth-order valence-electron chi connectivity index (χ4n) is 5.23. The molecule has 0 unspecified atom stereocenters. The number of ether oxygens (including phenoxy) is 1. The fourth-order valence-corrected chi connectivity index (χ4v) is 5.23. The van der Waals surface area contributed by atoms with E-state index in [9.17, 15) is 19.2 Å². The summed E-state index contributed by atoms with van der Waals surface area (Å²) in [6, 6.07) is 6.20. The van der Waals surface area contributed by atoms with Crippen molar-refractivity contribution in [3.05, 3.63) is 42.0 Å². The molecule has 0 N–H and O–H groups in total. The van der Waals surface area contributed by atoms with Gasteiger partial charge in [-0.25, -0.2) is 4.79 Å². The normalized spacial score (nSPS) is 35.1. The van der Waals surface area contributed by atoms with E-state index in [-0.39, 0.29) is 53.6 Å². The third kappa shape index (κ3) is 2.39. The molecule has 1 aromatic rings.